The molecule has 0 heterocycles. The summed E-state index contributed by atoms with van der Waals surface area (Å²) in [4.78, 5) is 33.3. The molecular formula is C2H8O6P2S2. The van der Waals surface area contributed by atoms with Crippen molar-refractivity contribution in [3.05, 3.63) is 0 Å². The lowest BCUT2D eigenvalue weighted by Crippen LogP contribution is -1.83. The molecule has 0 fully saturated rings. The molecule has 0 aromatic carbocycles. The topological polar surface area (TPSA) is 115 Å². The van der Waals surface area contributed by atoms with Crippen molar-refractivity contribution in [3.63, 3.8) is 0 Å². The van der Waals surface area contributed by atoms with Crippen LogP contribution in [0.5, 0.6) is 0 Å². The van der Waals surface area contributed by atoms with Crippen LogP contribution in [0.2, 0.25) is 0 Å². The van der Waals surface area contributed by atoms with E-state index >= 15 is 0 Å². The number of hydrogen-bond acceptors (Lipinski definition) is 4. The summed E-state index contributed by atoms with van der Waals surface area (Å²) in [5, 5.41) is 0. The van der Waals surface area contributed by atoms with Gasteiger partial charge < -0.3 is 19.6 Å². The van der Waals surface area contributed by atoms with Crippen molar-refractivity contribution in [2.75, 3.05) is 11.5 Å². The van der Waals surface area contributed by atoms with Crippen molar-refractivity contribution in [1.29, 1.82) is 0 Å². The van der Waals surface area contributed by atoms with Crippen molar-refractivity contribution >= 4 is 36.4 Å². The van der Waals surface area contributed by atoms with Gasteiger partial charge in [-0.1, -0.05) is 0 Å². The van der Waals surface area contributed by atoms with Crippen LogP contribution in [-0.2, 0) is 9.13 Å². The molecule has 74 valence electrons. The Labute approximate surface area is 77.0 Å². The van der Waals surface area contributed by atoms with E-state index in [1.807, 2.05) is 0 Å². The Morgan fingerprint density at radius 2 is 1.08 bits per heavy atom. The average Bonchev–Trinajstić information content (AvgIpc) is 1.76. The van der Waals surface area contributed by atoms with Gasteiger partial charge in [-0.3, -0.25) is 0 Å². The van der Waals surface area contributed by atoms with E-state index in [2.05, 4.69) is 0 Å². The second-order valence-corrected chi connectivity index (χ2v) is 9.35. The fraction of sp³-hybridized carbons (Fsp3) is 1.00. The zero-order chi connectivity index (χ0) is 9.83. The van der Waals surface area contributed by atoms with Crippen LogP contribution in [0.25, 0.3) is 0 Å². The largest absolute Gasteiger partial charge is 0.384 e. The van der Waals surface area contributed by atoms with Gasteiger partial charge in [-0.15, -0.1) is 0 Å². The van der Waals surface area contributed by atoms with Gasteiger partial charge in [-0.25, -0.2) is 9.13 Å². The van der Waals surface area contributed by atoms with Crippen molar-refractivity contribution in [1.82, 2.24) is 0 Å². The standard InChI is InChI=1S/C2H8O6P2S2/c3-9(4,5)11-1-2-12-10(6,7)8/h1-2H2,(H2,3,4,5)(H2,6,7,8). The van der Waals surface area contributed by atoms with Crippen LogP contribution in [0.15, 0.2) is 0 Å². The highest BCUT2D eigenvalue weighted by Gasteiger charge is 2.16. The summed E-state index contributed by atoms with van der Waals surface area (Å²) >= 11 is 0.754. The summed E-state index contributed by atoms with van der Waals surface area (Å²) in [6, 6.07) is 0. The molecule has 0 atom stereocenters. The lowest BCUT2D eigenvalue weighted by Gasteiger charge is -2.03. The summed E-state index contributed by atoms with van der Waals surface area (Å²) in [6.45, 7) is -8.19. The van der Waals surface area contributed by atoms with E-state index < -0.39 is 13.6 Å². The normalized spacial score (nSPS) is 13.3. The first-order valence-electron chi connectivity index (χ1n) is 2.61. The molecule has 0 aliphatic carbocycles. The number of hydrogen-bond donors (Lipinski definition) is 4. The van der Waals surface area contributed by atoms with Crippen LogP contribution in [-0.4, -0.2) is 31.1 Å². The van der Waals surface area contributed by atoms with Crippen molar-refractivity contribution in [2.45, 2.75) is 0 Å². The molecule has 0 radical (unpaired) electrons. The predicted octanol–water partition coefficient (Wildman–Crippen LogP) is 0.638. The highest BCUT2D eigenvalue weighted by atomic mass is 32.7. The average molecular weight is 254 g/mol. The van der Waals surface area contributed by atoms with E-state index in [0.29, 0.717) is 22.8 Å². The molecule has 0 aromatic heterocycles. The Morgan fingerprint density at radius 1 is 0.833 bits per heavy atom. The SMILES string of the molecule is O=P(O)(O)SCCSP(=O)(O)O. The molecule has 0 saturated carbocycles. The lowest BCUT2D eigenvalue weighted by molar-refractivity contribution is 0.394. The molecule has 0 amide bonds. The second kappa shape index (κ2) is 5.02. The van der Waals surface area contributed by atoms with E-state index in [4.69, 9.17) is 19.6 Å². The first-order valence-corrected chi connectivity index (χ1v) is 9.01. The molecule has 0 aliphatic rings. The van der Waals surface area contributed by atoms with Crippen LogP contribution in [0.1, 0.15) is 0 Å². The highest BCUT2D eigenvalue weighted by molar-refractivity contribution is 8.56. The Kier molecular flexibility index (Phi) is 5.44. The first kappa shape index (κ1) is 13.0. The third-order valence-electron chi connectivity index (χ3n) is 0.602. The summed E-state index contributed by atoms with van der Waals surface area (Å²) in [7, 11) is 0. The molecule has 0 unspecified atom stereocenters. The summed E-state index contributed by atoms with van der Waals surface area (Å²) < 4.78 is 20.4. The van der Waals surface area contributed by atoms with E-state index in [1.54, 1.807) is 0 Å². The zero-order valence-corrected chi connectivity index (χ0v) is 9.15. The first-order chi connectivity index (χ1) is 5.21. The molecule has 6 nitrogen and oxygen atoms in total. The smallest absolute Gasteiger partial charge is 0.317 e. The van der Waals surface area contributed by atoms with Gasteiger partial charge in [0, 0.05) is 11.5 Å². The monoisotopic (exact) mass is 254 g/mol. The van der Waals surface area contributed by atoms with Gasteiger partial charge in [0.05, 0.1) is 0 Å². The van der Waals surface area contributed by atoms with E-state index in [1.165, 1.54) is 0 Å². The lowest BCUT2D eigenvalue weighted by atomic mass is 11.0. The highest BCUT2D eigenvalue weighted by Crippen LogP contribution is 2.53. The maximum atomic E-state index is 10.2. The van der Waals surface area contributed by atoms with Gasteiger partial charge in [0.1, 0.15) is 0 Å². The Hall–Kier alpha value is 1.000. The maximum Gasteiger partial charge on any atom is 0.384 e. The van der Waals surface area contributed by atoms with Gasteiger partial charge in [-0.05, 0) is 22.8 Å². The van der Waals surface area contributed by atoms with Crippen LogP contribution >= 0.6 is 36.4 Å². The minimum atomic E-state index is -4.10. The van der Waals surface area contributed by atoms with Gasteiger partial charge in [-0.2, -0.15) is 0 Å². The Morgan fingerprint density at radius 3 is 1.25 bits per heavy atom. The molecule has 4 N–H and O–H groups in total. The fourth-order valence-corrected chi connectivity index (χ4v) is 4.15. The van der Waals surface area contributed by atoms with E-state index in [-0.39, 0.29) is 11.5 Å². The quantitative estimate of drug-likeness (QED) is 0.417. The zero-order valence-electron chi connectivity index (χ0n) is 5.73. The molecule has 0 aliphatic heterocycles. The Bertz CT molecular complexity index is 194. The van der Waals surface area contributed by atoms with Gasteiger partial charge in [0.25, 0.3) is 0 Å². The van der Waals surface area contributed by atoms with Gasteiger partial charge in [0.2, 0.25) is 0 Å². The van der Waals surface area contributed by atoms with Crippen LogP contribution < -0.4 is 0 Å². The Balaban J connectivity index is 3.48. The molecule has 0 aromatic rings. The molecule has 12 heavy (non-hydrogen) atoms. The van der Waals surface area contributed by atoms with Crippen molar-refractivity contribution in [3.8, 4) is 0 Å². The van der Waals surface area contributed by atoms with Crippen molar-refractivity contribution in [2.24, 2.45) is 0 Å². The second-order valence-electron chi connectivity index (χ2n) is 1.65. The number of rotatable bonds is 5. The van der Waals surface area contributed by atoms with E-state index in [0.717, 1.165) is 0 Å². The van der Waals surface area contributed by atoms with Crippen molar-refractivity contribution < 1.29 is 28.7 Å². The molecular weight excluding hydrogens is 246 g/mol. The third-order valence-corrected chi connectivity index (χ3v) is 5.42. The van der Waals surface area contributed by atoms with E-state index in [9.17, 15) is 9.13 Å². The molecule has 0 saturated heterocycles. The van der Waals surface area contributed by atoms with Crippen LogP contribution in [0.3, 0.4) is 0 Å². The molecule has 0 rings (SSSR count). The fourth-order valence-electron chi connectivity index (χ4n) is 0.312. The van der Waals surface area contributed by atoms with Crippen LogP contribution in [0.4, 0.5) is 0 Å². The van der Waals surface area contributed by atoms with Crippen LogP contribution in [0, 0.1) is 0 Å². The summed E-state index contributed by atoms with van der Waals surface area (Å²) in [5.74, 6) is 0.0279. The minimum absolute atomic E-state index is 0.0139. The molecule has 10 heteroatoms. The maximum absolute atomic E-state index is 10.2. The van der Waals surface area contributed by atoms with Gasteiger partial charge in [0.15, 0.2) is 0 Å². The molecule has 0 bridgehead atoms. The summed E-state index contributed by atoms with van der Waals surface area (Å²) in [6.07, 6.45) is 0. The predicted molar refractivity (Wildman–Crippen MR) is 49.0 cm³/mol. The van der Waals surface area contributed by atoms with Gasteiger partial charge >= 0.3 is 13.6 Å². The summed E-state index contributed by atoms with van der Waals surface area (Å²) in [5.41, 5.74) is 0. The minimum Gasteiger partial charge on any atom is -0.317 e. The molecule has 0 spiro atoms. The third kappa shape index (κ3) is 11.0.